The molecule has 0 radical (unpaired) electrons. The van der Waals surface area contributed by atoms with Crippen molar-refractivity contribution in [1.29, 1.82) is 0 Å². The molecule has 0 spiro atoms. The number of carbonyl (C=O) groups excluding carboxylic acids is 3. The topological polar surface area (TPSA) is 222 Å². The Balaban J connectivity index is 0.937. The highest BCUT2D eigenvalue weighted by Crippen LogP contribution is 2.66. The number of rotatable bonds is 14. The number of hydrogen-bond donors (Lipinski definition) is 5. The minimum absolute atomic E-state index is 0.0459. The number of aliphatic carboxylic acids is 3. The minimum atomic E-state index is -1.02. The normalized spacial score (nSPS) is 32.5. The molecule has 7 fully saturated rings. The van der Waals surface area contributed by atoms with Crippen molar-refractivity contribution in [3.63, 3.8) is 0 Å². The van der Waals surface area contributed by atoms with Gasteiger partial charge in [0, 0.05) is 71.4 Å². The van der Waals surface area contributed by atoms with Crippen molar-refractivity contribution >= 4 is 42.7 Å². The molecule has 0 aromatic heterocycles. The van der Waals surface area contributed by atoms with E-state index in [0.29, 0.717) is 90.1 Å². The van der Waals surface area contributed by atoms with E-state index in [1.165, 1.54) is 6.42 Å². The SMILES string of the molecule is C[C@@H](NC(=O)[C@H]1CC[C@H](CNC(=O)CN2CCN(CC(=O)O)CCN(CC(=O)O)CCN(CC(=O)O)CC2)CC1)C(=O)N1CCC[C@H]1B1OC2C[C@@H]3C[C@@H](C3(C)C)[C@]2(C)O1. The van der Waals surface area contributed by atoms with E-state index in [0.717, 1.165) is 32.1 Å². The summed E-state index contributed by atoms with van der Waals surface area (Å²) >= 11 is 0. The van der Waals surface area contributed by atoms with E-state index in [1.54, 1.807) is 21.6 Å². The van der Waals surface area contributed by atoms with Crippen LogP contribution in [0.4, 0.5) is 0 Å². The van der Waals surface area contributed by atoms with Gasteiger partial charge in [-0.05, 0) is 88.4 Å². The fourth-order valence-electron chi connectivity index (χ4n) is 11.0. The smallest absolute Gasteiger partial charge is 0.480 e. The first kappa shape index (κ1) is 46.2. The standard InChI is InChI=1S/C41H68BN7O11/c1-27(39(58)49-11-5-6-33(49)42-59-32-21-30-20-31(40(30,2)3)41(32,4)60-42)44-38(57)29-9-7-28(8-10-29)22-43-34(50)23-45-12-14-46(24-35(51)52)16-18-48(26-37(55)56)19-17-47(15-13-45)25-36(53)54/h27-33H,5-26H2,1-4H3,(H,43,50)(H,44,57)(H,51,52)(H,53,54)(H,55,56)/t27-,28-,29-,30+,31+,32?,33+,41+/m1/s1. The summed E-state index contributed by atoms with van der Waals surface area (Å²) in [4.78, 5) is 84.0. The van der Waals surface area contributed by atoms with Crippen LogP contribution in [0.2, 0.25) is 0 Å². The molecule has 0 aromatic carbocycles. The number of likely N-dealkylation sites (tertiary alicyclic amines) is 1. The second-order valence-corrected chi connectivity index (χ2v) is 19.1. The van der Waals surface area contributed by atoms with Crippen LogP contribution in [0.15, 0.2) is 0 Å². The van der Waals surface area contributed by atoms with Gasteiger partial charge < -0.3 is 40.2 Å². The van der Waals surface area contributed by atoms with Crippen molar-refractivity contribution in [2.75, 3.05) is 91.6 Å². The highest BCUT2D eigenvalue weighted by Gasteiger charge is 2.69. The maximum atomic E-state index is 13.8. The summed E-state index contributed by atoms with van der Waals surface area (Å²) < 4.78 is 13.3. The summed E-state index contributed by atoms with van der Waals surface area (Å²) in [5.41, 5.74) is -0.110. The molecular weight excluding hydrogens is 777 g/mol. The molecule has 336 valence electrons. The zero-order valence-corrected chi connectivity index (χ0v) is 36.0. The van der Waals surface area contributed by atoms with Crippen molar-refractivity contribution in [1.82, 2.24) is 35.1 Å². The molecule has 19 heteroatoms. The summed E-state index contributed by atoms with van der Waals surface area (Å²) in [5, 5.41) is 34.4. The number of carboxylic acids is 3. The largest absolute Gasteiger partial charge is 0.481 e. The van der Waals surface area contributed by atoms with Gasteiger partial charge in [-0.25, -0.2) is 0 Å². The molecule has 3 amide bonds. The van der Waals surface area contributed by atoms with Crippen molar-refractivity contribution in [3.8, 4) is 0 Å². The third kappa shape index (κ3) is 11.2. The van der Waals surface area contributed by atoms with Crippen LogP contribution in [0, 0.1) is 29.1 Å². The van der Waals surface area contributed by atoms with Crippen molar-refractivity contribution in [2.24, 2.45) is 29.1 Å². The highest BCUT2D eigenvalue weighted by molar-refractivity contribution is 6.48. The van der Waals surface area contributed by atoms with Gasteiger partial charge in [-0.2, -0.15) is 0 Å². The van der Waals surface area contributed by atoms with Gasteiger partial charge >= 0.3 is 25.0 Å². The maximum Gasteiger partial charge on any atom is 0.481 e. The van der Waals surface area contributed by atoms with Gasteiger partial charge in [0.2, 0.25) is 17.7 Å². The Bertz CT molecular complexity index is 1550. The summed E-state index contributed by atoms with van der Waals surface area (Å²) in [5.74, 6) is -2.58. The van der Waals surface area contributed by atoms with Gasteiger partial charge in [-0.15, -0.1) is 0 Å². The highest BCUT2D eigenvalue weighted by atomic mass is 16.7. The quantitative estimate of drug-likeness (QED) is 0.147. The lowest BCUT2D eigenvalue weighted by molar-refractivity contribution is -0.199. The molecule has 60 heavy (non-hydrogen) atoms. The first-order valence-electron chi connectivity index (χ1n) is 22.2. The lowest BCUT2D eigenvalue weighted by Gasteiger charge is -2.64. The number of amides is 3. The van der Waals surface area contributed by atoms with E-state index in [-0.39, 0.29) is 78.8 Å². The molecule has 3 saturated heterocycles. The Labute approximate surface area is 354 Å². The Morgan fingerprint density at radius 2 is 1.23 bits per heavy atom. The molecule has 7 rings (SSSR count). The van der Waals surface area contributed by atoms with Crippen molar-refractivity contribution < 1.29 is 53.4 Å². The molecule has 2 bridgehead atoms. The number of nitrogens with zero attached hydrogens (tertiary/aromatic N) is 5. The van der Waals surface area contributed by atoms with Gasteiger partial charge in [0.15, 0.2) is 0 Å². The molecule has 0 aromatic rings. The minimum Gasteiger partial charge on any atom is -0.480 e. The van der Waals surface area contributed by atoms with Crippen molar-refractivity contribution in [2.45, 2.75) is 103 Å². The number of carbonyl (C=O) groups is 6. The second kappa shape index (κ2) is 19.8. The molecule has 6 atom stereocenters. The van der Waals surface area contributed by atoms with Crippen LogP contribution in [0.3, 0.4) is 0 Å². The van der Waals surface area contributed by atoms with Crippen LogP contribution in [-0.4, -0.2) is 198 Å². The number of hydrogen-bond acceptors (Lipinski definition) is 12. The molecule has 3 aliphatic heterocycles. The predicted molar refractivity (Wildman–Crippen MR) is 220 cm³/mol. The molecule has 4 saturated carbocycles. The van der Waals surface area contributed by atoms with Gasteiger partial charge in [0.25, 0.3) is 0 Å². The van der Waals surface area contributed by atoms with E-state index in [1.807, 2.05) is 9.80 Å². The van der Waals surface area contributed by atoms with Gasteiger partial charge in [-0.3, -0.25) is 48.4 Å². The van der Waals surface area contributed by atoms with E-state index >= 15 is 0 Å². The molecule has 3 heterocycles. The molecule has 1 unspecified atom stereocenters. The third-order valence-corrected chi connectivity index (χ3v) is 14.8. The lowest BCUT2D eigenvalue weighted by atomic mass is 9.43. The van der Waals surface area contributed by atoms with Gasteiger partial charge in [-0.1, -0.05) is 13.8 Å². The zero-order chi connectivity index (χ0) is 43.4. The summed E-state index contributed by atoms with van der Waals surface area (Å²) in [6.07, 6.45) is 6.68. The van der Waals surface area contributed by atoms with Gasteiger partial charge in [0.05, 0.1) is 43.8 Å². The number of nitrogens with one attached hydrogen (secondary N) is 2. The Hall–Kier alpha value is -3.36. The average Bonchev–Trinajstić information content (AvgIpc) is 3.82. The molecular formula is C41H68BN7O11. The van der Waals surface area contributed by atoms with Crippen LogP contribution in [0.1, 0.15) is 79.1 Å². The number of carboxylic acid groups (broad SMARTS) is 3. The zero-order valence-electron chi connectivity index (χ0n) is 36.0. The van der Waals surface area contributed by atoms with Crippen LogP contribution in [0.25, 0.3) is 0 Å². The van der Waals surface area contributed by atoms with E-state index in [2.05, 4.69) is 31.4 Å². The van der Waals surface area contributed by atoms with Crippen LogP contribution >= 0.6 is 0 Å². The molecule has 18 nitrogen and oxygen atoms in total. The molecule has 5 N–H and O–H groups in total. The first-order chi connectivity index (χ1) is 28.4. The first-order valence-corrected chi connectivity index (χ1v) is 22.2. The Kier molecular flexibility index (Phi) is 15.2. The van der Waals surface area contributed by atoms with Crippen LogP contribution in [-0.2, 0) is 38.1 Å². The summed E-state index contributed by atoms with van der Waals surface area (Å²) in [6, 6.07) is -0.675. The predicted octanol–water partition coefficient (Wildman–Crippen LogP) is 0.148. The fraction of sp³-hybridized carbons (Fsp3) is 0.854. The summed E-state index contributed by atoms with van der Waals surface area (Å²) in [6.45, 7) is 11.6. The van der Waals surface area contributed by atoms with Crippen molar-refractivity contribution in [3.05, 3.63) is 0 Å². The maximum absolute atomic E-state index is 13.8. The monoisotopic (exact) mass is 846 g/mol. The van der Waals surface area contributed by atoms with Crippen LogP contribution in [0.5, 0.6) is 0 Å². The van der Waals surface area contributed by atoms with E-state index < -0.39 is 31.1 Å². The Morgan fingerprint density at radius 1 is 0.717 bits per heavy atom. The molecule has 7 aliphatic rings. The summed E-state index contributed by atoms with van der Waals surface area (Å²) in [7, 11) is -0.457. The third-order valence-electron chi connectivity index (χ3n) is 14.8. The Morgan fingerprint density at radius 3 is 1.73 bits per heavy atom. The second-order valence-electron chi connectivity index (χ2n) is 19.1. The molecule has 4 aliphatic carbocycles. The van der Waals surface area contributed by atoms with E-state index in [9.17, 15) is 44.1 Å². The van der Waals surface area contributed by atoms with E-state index in [4.69, 9.17) is 9.31 Å². The van der Waals surface area contributed by atoms with Crippen LogP contribution < -0.4 is 10.6 Å². The lowest BCUT2D eigenvalue weighted by Crippen LogP contribution is -2.65. The van der Waals surface area contributed by atoms with Gasteiger partial charge in [0.1, 0.15) is 6.04 Å². The average molecular weight is 846 g/mol. The fourth-order valence-corrected chi connectivity index (χ4v) is 11.0.